The van der Waals surface area contributed by atoms with Crippen LogP contribution in [0, 0.1) is 17.1 Å². The molecule has 0 fully saturated rings. The maximum absolute atomic E-state index is 13.1. The van der Waals surface area contributed by atoms with Crippen molar-refractivity contribution in [2.24, 2.45) is 0 Å². The van der Waals surface area contributed by atoms with Crippen LogP contribution in [0.5, 0.6) is 0 Å². The van der Waals surface area contributed by atoms with E-state index in [0.717, 1.165) is 15.6 Å². The van der Waals surface area contributed by atoms with Gasteiger partial charge in [-0.1, -0.05) is 0 Å². The average Bonchev–Trinajstić information content (AvgIpc) is 2.51. The summed E-state index contributed by atoms with van der Waals surface area (Å²) in [6.07, 6.45) is 0.373. The lowest BCUT2D eigenvalue weighted by Crippen LogP contribution is -1.80. The second-order valence-electron chi connectivity index (χ2n) is 2.86. The Morgan fingerprint density at radius 3 is 3.00 bits per heavy atom. The molecule has 0 N–H and O–H groups in total. The van der Waals surface area contributed by atoms with Gasteiger partial charge in [-0.05, 0) is 44.4 Å². The number of thiophene rings is 1. The van der Waals surface area contributed by atoms with E-state index in [1.807, 2.05) is 5.38 Å². The van der Waals surface area contributed by atoms with Gasteiger partial charge in [0.2, 0.25) is 0 Å². The van der Waals surface area contributed by atoms with Gasteiger partial charge >= 0.3 is 0 Å². The first kappa shape index (κ1) is 9.63. The Morgan fingerprint density at radius 2 is 2.29 bits per heavy atom. The van der Waals surface area contributed by atoms with Gasteiger partial charge in [0.15, 0.2) is 0 Å². The molecular weight excluding hydrogens is 265 g/mol. The number of benzene rings is 1. The Morgan fingerprint density at radius 1 is 1.50 bits per heavy atom. The smallest absolute Gasteiger partial charge is 0.138 e. The molecular formula is C10H5BrFNS. The van der Waals surface area contributed by atoms with Gasteiger partial charge < -0.3 is 0 Å². The van der Waals surface area contributed by atoms with Crippen molar-refractivity contribution < 1.29 is 4.39 Å². The molecule has 0 aliphatic heterocycles. The highest BCUT2D eigenvalue weighted by molar-refractivity contribution is 9.10. The molecule has 0 bridgehead atoms. The van der Waals surface area contributed by atoms with Gasteiger partial charge in [-0.2, -0.15) is 5.26 Å². The summed E-state index contributed by atoms with van der Waals surface area (Å²) in [5, 5.41) is 11.5. The summed E-state index contributed by atoms with van der Waals surface area (Å²) in [5.74, 6) is -0.261. The molecule has 0 amide bonds. The normalized spacial score (nSPS) is 10.4. The quantitative estimate of drug-likeness (QED) is 0.771. The summed E-state index contributed by atoms with van der Waals surface area (Å²) in [7, 11) is 0. The van der Waals surface area contributed by atoms with Gasteiger partial charge in [0.25, 0.3) is 0 Å². The molecule has 0 saturated heterocycles. The van der Waals surface area contributed by atoms with E-state index in [1.165, 1.54) is 17.4 Å². The highest BCUT2D eigenvalue weighted by Gasteiger charge is 2.07. The van der Waals surface area contributed by atoms with Crippen LogP contribution >= 0.6 is 27.3 Å². The maximum atomic E-state index is 13.1. The first-order valence-corrected chi connectivity index (χ1v) is 5.61. The molecule has 0 unspecified atom stereocenters. The van der Waals surface area contributed by atoms with Crippen LogP contribution in [0.25, 0.3) is 10.1 Å². The van der Waals surface area contributed by atoms with Crippen LogP contribution in [0.1, 0.15) is 5.56 Å². The van der Waals surface area contributed by atoms with Crippen molar-refractivity contribution in [3.8, 4) is 6.07 Å². The van der Waals surface area contributed by atoms with Gasteiger partial charge in [0, 0.05) is 4.70 Å². The molecule has 0 aliphatic carbocycles. The Hall–Kier alpha value is -0.920. The number of halogens is 2. The zero-order valence-corrected chi connectivity index (χ0v) is 9.45. The van der Waals surface area contributed by atoms with E-state index >= 15 is 0 Å². The Balaban J connectivity index is 2.69. The minimum atomic E-state index is -0.261. The van der Waals surface area contributed by atoms with E-state index < -0.39 is 0 Å². The zero-order valence-electron chi connectivity index (χ0n) is 7.05. The highest BCUT2D eigenvalue weighted by atomic mass is 79.9. The summed E-state index contributed by atoms with van der Waals surface area (Å²) < 4.78 is 14.5. The fourth-order valence-corrected chi connectivity index (χ4v) is 2.61. The Kier molecular flexibility index (Phi) is 2.53. The highest BCUT2D eigenvalue weighted by Crippen LogP contribution is 2.30. The number of nitrogens with zero attached hydrogens (tertiary/aromatic N) is 1. The van der Waals surface area contributed by atoms with Gasteiger partial charge in [-0.25, -0.2) is 4.39 Å². The molecule has 1 heterocycles. The van der Waals surface area contributed by atoms with Crippen LogP contribution in [0.3, 0.4) is 0 Å². The lowest BCUT2D eigenvalue weighted by Gasteiger charge is -1.96. The van der Waals surface area contributed by atoms with Crippen molar-refractivity contribution in [2.75, 3.05) is 0 Å². The van der Waals surface area contributed by atoms with Crippen molar-refractivity contribution in [1.29, 1.82) is 5.26 Å². The van der Waals surface area contributed by atoms with Crippen molar-refractivity contribution in [1.82, 2.24) is 0 Å². The van der Waals surface area contributed by atoms with E-state index in [-0.39, 0.29) is 5.82 Å². The monoisotopic (exact) mass is 269 g/mol. The topological polar surface area (TPSA) is 23.8 Å². The fourth-order valence-electron chi connectivity index (χ4n) is 1.30. The molecule has 2 aromatic rings. The van der Waals surface area contributed by atoms with Gasteiger partial charge in [0.1, 0.15) is 5.82 Å². The second-order valence-corrected chi connectivity index (χ2v) is 4.62. The van der Waals surface area contributed by atoms with Crippen molar-refractivity contribution in [3.63, 3.8) is 0 Å². The van der Waals surface area contributed by atoms with Crippen molar-refractivity contribution in [2.45, 2.75) is 6.42 Å². The van der Waals surface area contributed by atoms with Crippen LogP contribution in [0.2, 0.25) is 0 Å². The molecule has 1 aromatic carbocycles. The molecule has 0 radical (unpaired) electrons. The van der Waals surface area contributed by atoms with E-state index in [1.54, 1.807) is 6.07 Å². The van der Waals surface area contributed by atoms with E-state index in [2.05, 4.69) is 22.0 Å². The largest absolute Gasteiger partial charge is 0.206 e. The van der Waals surface area contributed by atoms with E-state index in [4.69, 9.17) is 5.26 Å². The number of rotatable bonds is 1. The molecule has 2 rings (SSSR count). The number of hydrogen-bond acceptors (Lipinski definition) is 2. The minimum absolute atomic E-state index is 0.261. The molecule has 0 saturated carbocycles. The van der Waals surface area contributed by atoms with Crippen LogP contribution in [0.4, 0.5) is 4.39 Å². The SMILES string of the molecule is N#CCc1csc2cc(F)c(Br)cc12. The number of hydrogen-bond donors (Lipinski definition) is 0. The van der Waals surface area contributed by atoms with E-state index in [9.17, 15) is 4.39 Å². The summed E-state index contributed by atoms with van der Waals surface area (Å²) in [4.78, 5) is 0. The predicted octanol–water partition coefficient (Wildman–Crippen LogP) is 3.87. The summed E-state index contributed by atoms with van der Waals surface area (Å²) >= 11 is 4.60. The molecule has 1 nitrogen and oxygen atoms in total. The third kappa shape index (κ3) is 1.54. The Bertz CT molecular complexity index is 527. The molecule has 0 spiro atoms. The zero-order chi connectivity index (χ0) is 10.1. The lowest BCUT2D eigenvalue weighted by molar-refractivity contribution is 0.623. The van der Waals surface area contributed by atoms with E-state index in [0.29, 0.717) is 10.9 Å². The third-order valence-corrected chi connectivity index (χ3v) is 3.57. The van der Waals surface area contributed by atoms with Crippen LogP contribution < -0.4 is 0 Å². The number of nitriles is 1. The molecule has 70 valence electrons. The van der Waals surface area contributed by atoms with Gasteiger partial charge in [0.05, 0.1) is 17.0 Å². The number of fused-ring (bicyclic) bond motifs is 1. The minimum Gasteiger partial charge on any atom is -0.206 e. The first-order chi connectivity index (χ1) is 6.72. The van der Waals surface area contributed by atoms with Crippen LogP contribution in [-0.2, 0) is 6.42 Å². The standard InChI is InChI=1S/C10H5BrFNS/c11-8-3-7-6(1-2-13)5-14-10(7)4-9(8)12/h3-5H,1H2. The Labute approximate surface area is 92.9 Å². The molecule has 0 atom stereocenters. The lowest BCUT2D eigenvalue weighted by atomic mass is 10.1. The molecule has 14 heavy (non-hydrogen) atoms. The van der Waals surface area contributed by atoms with Crippen molar-refractivity contribution >= 4 is 37.4 Å². The average molecular weight is 270 g/mol. The summed E-state index contributed by atoms with van der Waals surface area (Å²) in [6, 6.07) is 5.31. The van der Waals surface area contributed by atoms with Crippen LogP contribution in [0.15, 0.2) is 22.0 Å². The van der Waals surface area contributed by atoms with Crippen molar-refractivity contribution in [3.05, 3.63) is 33.4 Å². The predicted molar refractivity (Wildman–Crippen MR) is 58.8 cm³/mol. The molecule has 0 aliphatic rings. The van der Waals surface area contributed by atoms with Gasteiger partial charge in [-0.15, -0.1) is 11.3 Å². The summed E-state index contributed by atoms with van der Waals surface area (Å²) in [6.45, 7) is 0. The molecule has 4 heteroatoms. The fraction of sp³-hybridized carbons (Fsp3) is 0.100. The van der Waals surface area contributed by atoms with Gasteiger partial charge in [-0.3, -0.25) is 0 Å². The maximum Gasteiger partial charge on any atom is 0.138 e. The first-order valence-electron chi connectivity index (χ1n) is 3.94. The second kappa shape index (κ2) is 3.68. The van der Waals surface area contributed by atoms with Crippen LogP contribution in [-0.4, -0.2) is 0 Å². The molecule has 1 aromatic heterocycles. The third-order valence-electron chi connectivity index (χ3n) is 1.97. The summed E-state index contributed by atoms with van der Waals surface area (Å²) in [5.41, 5.74) is 0.966.